The van der Waals surface area contributed by atoms with Crippen LogP contribution in [0.25, 0.3) is 0 Å². The highest BCUT2D eigenvalue weighted by Gasteiger charge is 2.02. The van der Waals surface area contributed by atoms with Gasteiger partial charge < -0.3 is 15.4 Å². The Bertz CT molecular complexity index is 632. The van der Waals surface area contributed by atoms with E-state index in [1.54, 1.807) is 0 Å². The van der Waals surface area contributed by atoms with Crippen LogP contribution in [-0.4, -0.2) is 25.6 Å². The first-order valence-electron chi connectivity index (χ1n) is 7.55. The van der Waals surface area contributed by atoms with Gasteiger partial charge >= 0.3 is 0 Å². The molecular formula is C18H21ClN2O2. The highest BCUT2D eigenvalue weighted by Crippen LogP contribution is 2.14. The molecule has 0 aliphatic rings. The molecule has 122 valence electrons. The smallest absolute Gasteiger partial charge is 0.257 e. The lowest BCUT2D eigenvalue weighted by Gasteiger charge is -2.10. The monoisotopic (exact) mass is 332 g/mol. The highest BCUT2D eigenvalue weighted by atomic mass is 35.5. The summed E-state index contributed by atoms with van der Waals surface area (Å²) < 4.78 is 5.38. The maximum absolute atomic E-state index is 11.7. The summed E-state index contributed by atoms with van der Waals surface area (Å²) in [4.78, 5) is 11.7. The average Bonchev–Trinajstić information content (AvgIpc) is 2.55. The Kier molecular flexibility index (Phi) is 6.91. The number of benzene rings is 2. The van der Waals surface area contributed by atoms with Crippen LogP contribution in [-0.2, 0) is 11.3 Å². The molecule has 0 radical (unpaired) electrons. The van der Waals surface area contributed by atoms with Crippen molar-refractivity contribution in [2.75, 3.05) is 19.7 Å². The number of rotatable bonds is 8. The van der Waals surface area contributed by atoms with Crippen LogP contribution in [0.1, 0.15) is 11.1 Å². The second-order valence-electron chi connectivity index (χ2n) is 5.20. The van der Waals surface area contributed by atoms with Crippen molar-refractivity contribution in [2.45, 2.75) is 13.5 Å². The van der Waals surface area contributed by atoms with Gasteiger partial charge in [0.15, 0.2) is 6.61 Å². The van der Waals surface area contributed by atoms with E-state index in [2.05, 4.69) is 10.6 Å². The van der Waals surface area contributed by atoms with E-state index in [0.29, 0.717) is 18.8 Å². The number of carbonyl (C=O) groups is 1. The van der Waals surface area contributed by atoms with Crippen LogP contribution < -0.4 is 15.4 Å². The molecule has 2 aromatic rings. The predicted octanol–water partition coefficient (Wildman–Crippen LogP) is 2.93. The molecule has 0 atom stereocenters. The second-order valence-corrected chi connectivity index (χ2v) is 5.64. The number of halogens is 1. The van der Waals surface area contributed by atoms with Crippen molar-refractivity contribution in [1.82, 2.24) is 10.6 Å². The minimum atomic E-state index is -0.127. The fourth-order valence-corrected chi connectivity index (χ4v) is 2.31. The van der Waals surface area contributed by atoms with Crippen LogP contribution in [0.15, 0.2) is 48.5 Å². The molecule has 23 heavy (non-hydrogen) atoms. The third-order valence-electron chi connectivity index (χ3n) is 3.36. The van der Waals surface area contributed by atoms with E-state index in [-0.39, 0.29) is 12.5 Å². The summed E-state index contributed by atoms with van der Waals surface area (Å²) in [6, 6.07) is 15.1. The lowest BCUT2D eigenvalue weighted by atomic mass is 10.1. The normalized spacial score (nSPS) is 10.3. The fraction of sp³-hybridized carbons (Fsp3) is 0.278. The van der Waals surface area contributed by atoms with Gasteiger partial charge in [0.1, 0.15) is 5.75 Å². The first-order valence-corrected chi connectivity index (χ1v) is 7.93. The lowest BCUT2D eigenvalue weighted by Crippen LogP contribution is -2.34. The Morgan fingerprint density at radius 1 is 1.13 bits per heavy atom. The topological polar surface area (TPSA) is 50.4 Å². The first-order chi connectivity index (χ1) is 11.1. The second kappa shape index (κ2) is 9.18. The van der Waals surface area contributed by atoms with Crippen molar-refractivity contribution in [1.29, 1.82) is 0 Å². The van der Waals surface area contributed by atoms with E-state index >= 15 is 0 Å². The van der Waals surface area contributed by atoms with Crippen LogP contribution in [0, 0.1) is 6.92 Å². The summed E-state index contributed by atoms with van der Waals surface area (Å²) >= 11 is 5.93. The van der Waals surface area contributed by atoms with Gasteiger partial charge in [0.05, 0.1) is 0 Å². The maximum atomic E-state index is 11.7. The summed E-state index contributed by atoms with van der Waals surface area (Å²) in [7, 11) is 0. The molecule has 2 N–H and O–H groups in total. The average molecular weight is 333 g/mol. The van der Waals surface area contributed by atoms with Gasteiger partial charge in [-0.05, 0) is 42.3 Å². The highest BCUT2D eigenvalue weighted by molar-refractivity contribution is 6.30. The van der Waals surface area contributed by atoms with Gasteiger partial charge in [-0.3, -0.25) is 4.79 Å². The van der Waals surface area contributed by atoms with Crippen LogP contribution in [0.4, 0.5) is 0 Å². The van der Waals surface area contributed by atoms with Gasteiger partial charge in [-0.15, -0.1) is 0 Å². The Morgan fingerprint density at radius 2 is 1.91 bits per heavy atom. The number of ether oxygens (including phenoxy) is 1. The number of para-hydroxylation sites is 1. The van der Waals surface area contributed by atoms with E-state index in [4.69, 9.17) is 16.3 Å². The molecule has 0 fully saturated rings. The molecule has 0 aromatic heterocycles. The van der Waals surface area contributed by atoms with Crippen molar-refractivity contribution in [3.05, 3.63) is 64.7 Å². The predicted molar refractivity (Wildman–Crippen MR) is 92.8 cm³/mol. The number of amides is 1. The van der Waals surface area contributed by atoms with E-state index in [1.165, 1.54) is 5.56 Å². The zero-order chi connectivity index (χ0) is 16.5. The molecule has 0 saturated carbocycles. The van der Waals surface area contributed by atoms with Gasteiger partial charge in [0.25, 0.3) is 5.91 Å². The maximum Gasteiger partial charge on any atom is 0.257 e. The van der Waals surface area contributed by atoms with Crippen molar-refractivity contribution in [3.8, 4) is 5.75 Å². The third kappa shape index (κ3) is 6.30. The number of nitrogens with one attached hydrogen (secondary N) is 2. The molecule has 4 nitrogen and oxygen atoms in total. The Labute approximate surface area is 141 Å². The van der Waals surface area contributed by atoms with Crippen LogP contribution in [0.5, 0.6) is 5.75 Å². The molecule has 0 unspecified atom stereocenters. The molecule has 1 amide bonds. The molecule has 0 aliphatic carbocycles. The summed E-state index contributed by atoms with van der Waals surface area (Å²) in [5, 5.41) is 6.86. The number of hydrogen-bond donors (Lipinski definition) is 2. The summed E-state index contributed by atoms with van der Waals surface area (Å²) in [6.45, 7) is 4.06. The first kappa shape index (κ1) is 17.3. The van der Waals surface area contributed by atoms with Crippen molar-refractivity contribution in [2.24, 2.45) is 0 Å². The number of carbonyl (C=O) groups excluding carboxylic acids is 1. The fourth-order valence-electron chi connectivity index (χ4n) is 2.09. The van der Waals surface area contributed by atoms with E-state index in [9.17, 15) is 4.79 Å². The van der Waals surface area contributed by atoms with Gasteiger partial charge in [-0.2, -0.15) is 0 Å². The zero-order valence-corrected chi connectivity index (χ0v) is 13.9. The Hall–Kier alpha value is -2.04. The molecule has 2 aromatic carbocycles. The zero-order valence-electron chi connectivity index (χ0n) is 13.1. The van der Waals surface area contributed by atoms with Crippen molar-refractivity contribution < 1.29 is 9.53 Å². The molecule has 2 rings (SSSR count). The van der Waals surface area contributed by atoms with E-state index in [0.717, 1.165) is 17.1 Å². The lowest BCUT2D eigenvalue weighted by molar-refractivity contribution is -0.123. The minimum absolute atomic E-state index is 0.0281. The molecule has 0 spiro atoms. The SMILES string of the molecule is Cc1cc(Cl)ccc1CNCCNC(=O)COc1ccccc1. The van der Waals surface area contributed by atoms with Crippen molar-refractivity contribution >= 4 is 17.5 Å². The van der Waals surface area contributed by atoms with Gasteiger partial charge in [0.2, 0.25) is 0 Å². The molecular weight excluding hydrogens is 312 g/mol. The minimum Gasteiger partial charge on any atom is -0.484 e. The number of hydrogen-bond acceptors (Lipinski definition) is 3. The molecule has 0 heterocycles. The summed E-state index contributed by atoms with van der Waals surface area (Å²) in [5.41, 5.74) is 2.36. The molecule has 0 bridgehead atoms. The van der Waals surface area contributed by atoms with Gasteiger partial charge in [0, 0.05) is 24.7 Å². The van der Waals surface area contributed by atoms with Crippen molar-refractivity contribution in [3.63, 3.8) is 0 Å². The Balaban J connectivity index is 1.59. The standard InChI is InChI=1S/C18H21ClN2O2/c1-14-11-16(19)8-7-15(14)12-20-9-10-21-18(22)13-23-17-5-3-2-4-6-17/h2-8,11,20H,9-10,12-13H2,1H3,(H,21,22). The third-order valence-corrected chi connectivity index (χ3v) is 3.59. The quantitative estimate of drug-likeness (QED) is 0.731. The molecule has 0 saturated heterocycles. The van der Waals surface area contributed by atoms with E-state index < -0.39 is 0 Å². The summed E-state index contributed by atoms with van der Waals surface area (Å²) in [5.74, 6) is 0.567. The molecule has 0 aliphatic heterocycles. The Morgan fingerprint density at radius 3 is 2.65 bits per heavy atom. The van der Waals surface area contributed by atoms with Gasteiger partial charge in [-0.25, -0.2) is 0 Å². The molecule has 5 heteroatoms. The summed E-state index contributed by atoms with van der Waals surface area (Å²) in [6.07, 6.45) is 0. The van der Waals surface area contributed by atoms with Crippen LogP contribution in [0.2, 0.25) is 5.02 Å². The van der Waals surface area contributed by atoms with Crippen LogP contribution in [0.3, 0.4) is 0 Å². The van der Waals surface area contributed by atoms with Crippen LogP contribution >= 0.6 is 11.6 Å². The van der Waals surface area contributed by atoms with E-state index in [1.807, 2.05) is 55.5 Å². The van der Waals surface area contributed by atoms with Gasteiger partial charge in [-0.1, -0.05) is 35.9 Å². The number of aryl methyl sites for hydroxylation is 1. The largest absolute Gasteiger partial charge is 0.484 e.